The van der Waals surface area contributed by atoms with Gasteiger partial charge >= 0.3 is 0 Å². The Bertz CT molecular complexity index is 650. The van der Waals surface area contributed by atoms with Crippen LogP contribution in [0, 0.1) is 23.2 Å². The number of carbonyl (C=O) groups is 1. The molecule has 2 aliphatic heterocycles. The fourth-order valence-corrected chi connectivity index (χ4v) is 3.94. The van der Waals surface area contributed by atoms with Crippen molar-refractivity contribution in [3.05, 3.63) is 29.8 Å². The van der Waals surface area contributed by atoms with Crippen molar-refractivity contribution < 1.29 is 9.53 Å². The molecule has 0 aliphatic carbocycles. The number of methoxy groups -OCH3 is 1. The minimum atomic E-state index is -0.433. The van der Waals surface area contributed by atoms with E-state index >= 15 is 0 Å². The van der Waals surface area contributed by atoms with Crippen LogP contribution < -0.4 is 4.74 Å². The third-order valence-corrected chi connectivity index (χ3v) is 5.07. The second-order valence-corrected chi connectivity index (χ2v) is 7.37. The van der Waals surface area contributed by atoms with Gasteiger partial charge in [0.15, 0.2) is 0 Å². The summed E-state index contributed by atoms with van der Waals surface area (Å²) in [6, 6.07) is 10.2. The van der Waals surface area contributed by atoms with Gasteiger partial charge in [-0.1, -0.05) is 26.0 Å². The summed E-state index contributed by atoms with van der Waals surface area (Å²) >= 11 is 0. The van der Waals surface area contributed by atoms with Gasteiger partial charge < -0.3 is 9.64 Å². The normalized spacial score (nSPS) is 26.7. The van der Waals surface area contributed by atoms with Crippen LogP contribution in [0.3, 0.4) is 0 Å². The third kappa shape index (κ3) is 2.87. The number of ether oxygens (including phenoxy) is 1. The molecule has 1 unspecified atom stereocenters. The maximum Gasteiger partial charge on any atom is 0.245 e. The average Bonchev–Trinajstić information content (AvgIpc) is 2.94. The number of hydrogen-bond acceptors (Lipinski definition) is 4. The number of nitriles is 1. The van der Waals surface area contributed by atoms with Gasteiger partial charge in [-0.2, -0.15) is 5.26 Å². The largest absolute Gasteiger partial charge is 0.497 e. The van der Waals surface area contributed by atoms with Gasteiger partial charge in [0.05, 0.1) is 19.1 Å². The van der Waals surface area contributed by atoms with Crippen molar-refractivity contribution in [3.8, 4) is 11.8 Å². The van der Waals surface area contributed by atoms with Gasteiger partial charge in [0.1, 0.15) is 11.3 Å². The number of likely N-dealkylation sites (tertiary alicyclic amines) is 2. The first-order valence-corrected chi connectivity index (χ1v) is 8.55. The minimum Gasteiger partial charge on any atom is -0.497 e. The molecule has 2 aliphatic rings. The Morgan fingerprint density at radius 1 is 1.38 bits per heavy atom. The van der Waals surface area contributed by atoms with Gasteiger partial charge in [0.2, 0.25) is 5.91 Å². The van der Waals surface area contributed by atoms with Crippen molar-refractivity contribution in [3.63, 3.8) is 0 Å². The molecule has 128 valence electrons. The molecule has 2 atom stereocenters. The summed E-state index contributed by atoms with van der Waals surface area (Å²) in [7, 11) is 1.65. The lowest BCUT2D eigenvalue weighted by molar-refractivity contribution is -0.163. The standard InChI is InChI=1S/C19H25N3O2/c1-14(2)10-22-12-16(9-20)8-19(22)13-21(18(19)23)11-15-4-6-17(24-3)7-5-15/h4-7,14,16H,8,10-13H2,1-3H3/t16-,19?/m1/s1. The van der Waals surface area contributed by atoms with E-state index in [1.807, 2.05) is 29.2 Å². The van der Waals surface area contributed by atoms with Crippen LogP contribution in [-0.4, -0.2) is 48.0 Å². The van der Waals surface area contributed by atoms with E-state index in [1.165, 1.54) is 0 Å². The molecular weight excluding hydrogens is 302 g/mol. The molecule has 5 nitrogen and oxygen atoms in total. The second kappa shape index (κ2) is 6.45. The number of β-lactam (4-membered cyclic amide) rings is 1. The van der Waals surface area contributed by atoms with E-state index in [0.717, 1.165) is 30.9 Å². The molecule has 2 saturated heterocycles. The van der Waals surface area contributed by atoms with Crippen molar-refractivity contribution in [1.82, 2.24) is 9.80 Å². The van der Waals surface area contributed by atoms with Gasteiger partial charge in [0.25, 0.3) is 0 Å². The molecule has 0 radical (unpaired) electrons. The molecule has 1 spiro atoms. The van der Waals surface area contributed by atoms with Crippen LogP contribution in [-0.2, 0) is 11.3 Å². The summed E-state index contributed by atoms with van der Waals surface area (Å²) in [5, 5.41) is 9.29. The number of benzene rings is 1. The van der Waals surface area contributed by atoms with Crippen LogP contribution in [0.4, 0.5) is 0 Å². The Balaban J connectivity index is 1.69. The zero-order chi connectivity index (χ0) is 17.3. The van der Waals surface area contributed by atoms with Crippen LogP contribution in [0.1, 0.15) is 25.8 Å². The smallest absolute Gasteiger partial charge is 0.245 e. The fraction of sp³-hybridized carbons (Fsp3) is 0.579. The zero-order valence-corrected chi connectivity index (χ0v) is 14.7. The first-order valence-electron chi connectivity index (χ1n) is 8.55. The summed E-state index contributed by atoms with van der Waals surface area (Å²) in [6.45, 7) is 7.26. The Kier molecular flexibility index (Phi) is 4.51. The van der Waals surface area contributed by atoms with E-state index in [9.17, 15) is 10.1 Å². The maximum absolute atomic E-state index is 12.9. The molecule has 2 heterocycles. The Morgan fingerprint density at radius 2 is 2.08 bits per heavy atom. The molecule has 2 fully saturated rings. The van der Waals surface area contributed by atoms with E-state index < -0.39 is 5.54 Å². The Hall–Kier alpha value is -2.06. The molecule has 1 aromatic carbocycles. The predicted molar refractivity (Wildman–Crippen MR) is 91.3 cm³/mol. The topological polar surface area (TPSA) is 56.6 Å². The van der Waals surface area contributed by atoms with E-state index in [1.54, 1.807) is 7.11 Å². The lowest BCUT2D eigenvalue weighted by atomic mass is 9.83. The number of amides is 1. The van der Waals surface area contributed by atoms with E-state index in [0.29, 0.717) is 18.9 Å². The highest BCUT2D eigenvalue weighted by Crippen LogP contribution is 2.42. The molecule has 0 aromatic heterocycles. The number of hydrogen-bond donors (Lipinski definition) is 0. The lowest BCUT2D eigenvalue weighted by Gasteiger charge is -2.51. The number of carbonyl (C=O) groups excluding carboxylic acids is 1. The molecule has 1 aromatic rings. The van der Waals surface area contributed by atoms with Crippen molar-refractivity contribution in [2.45, 2.75) is 32.4 Å². The highest BCUT2D eigenvalue weighted by molar-refractivity contribution is 5.93. The van der Waals surface area contributed by atoms with Gasteiger partial charge in [-0.05, 0) is 30.0 Å². The number of rotatable bonds is 5. The van der Waals surface area contributed by atoms with E-state index in [4.69, 9.17) is 4.74 Å². The summed E-state index contributed by atoms with van der Waals surface area (Å²) in [5.74, 6) is 1.45. The van der Waals surface area contributed by atoms with Crippen LogP contribution >= 0.6 is 0 Å². The van der Waals surface area contributed by atoms with E-state index in [2.05, 4.69) is 24.8 Å². The number of nitrogens with zero attached hydrogens (tertiary/aromatic N) is 3. The highest BCUT2D eigenvalue weighted by Gasteiger charge is 2.60. The van der Waals surface area contributed by atoms with Crippen molar-refractivity contribution in [2.75, 3.05) is 26.7 Å². The lowest BCUT2D eigenvalue weighted by Crippen LogP contribution is -2.71. The van der Waals surface area contributed by atoms with Gasteiger partial charge in [-0.15, -0.1) is 0 Å². The molecule has 0 bridgehead atoms. The molecule has 3 rings (SSSR count). The molecule has 5 heteroatoms. The SMILES string of the molecule is COc1ccc(CN2CC3(C[C@H](C#N)CN3CC(C)C)C2=O)cc1. The average molecular weight is 327 g/mol. The first kappa shape index (κ1) is 16.8. The van der Waals surface area contributed by atoms with Crippen LogP contribution in [0.15, 0.2) is 24.3 Å². The molecule has 24 heavy (non-hydrogen) atoms. The van der Waals surface area contributed by atoms with Gasteiger partial charge in [0, 0.05) is 26.2 Å². The predicted octanol–water partition coefficient (Wildman–Crippen LogP) is 2.28. The van der Waals surface area contributed by atoms with Crippen molar-refractivity contribution in [2.24, 2.45) is 11.8 Å². The summed E-state index contributed by atoms with van der Waals surface area (Å²) in [4.78, 5) is 17.1. The zero-order valence-electron chi connectivity index (χ0n) is 14.7. The maximum atomic E-state index is 12.9. The highest BCUT2D eigenvalue weighted by atomic mass is 16.5. The summed E-state index contributed by atoms with van der Waals surface area (Å²) < 4.78 is 5.17. The molecular formula is C19H25N3O2. The Labute approximate surface area is 143 Å². The van der Waals surface area contributed by atoms with Gasteiger partial charge in [-0.25, -0.2) is 0 Å². The first-order chi connectivity index (χ1) is 11.5. The minimum absolute atomic E-state index is 0.0316. The second-order valence-electron chi connectivity index (χ2n) is 7.37. The van der Waals surface area contributed by atoms with Crippen molar-refractivity contribution in [1.29, 1.82) is 5.26 Å². The molecule has 0 N–H and O–H groups in total. The fourth-order valence-electron chi connectivity index (χ4n) is 3.94. The van der Waals surface area contributed by atoms with Crippen molar-refractivity contribution >= 4 is 5.91 Å². The van der Waals surface area contributed by atoms with Crippen LogP contribution in [0.5, 0.6) is 5.75 Å². The Morgan fingerprint density at radius 3 is 2.62 bits per heavy atom. The quantitative estimate of drug-likeness (QED) is 0.779. The summed E-state index contributed by atoms with van der Waals surface area (Å²) in [5.41, 5.74) is 0.668. The van der Waals surface area contributed by atoms with Crippen LogP contribution in [0.25, 0.3) is 0 Å². The summed E-state index contributed by atoms with van der Waals surface area (Å²) in [6.07, 6.45) is 0.675. The van der Waals surface area contributed by atoms with E-state index in [-0.39, 0.29) is 11.8 Å². The molecule has 1 amide bonds. The van der Waals surface area contributed by atoms with Crippen LogP contribution in [0.2, 0.25) is 0 Å². The van der Waals surface area contributed by atoms with Gasteiger partial charge in [-0.3, -0.25) is 9.69 Å². The molecule has 0 saturated carbocycles. The monoisotopic (exact) mass is 327 g/mol. The third-order valence-electron chi connectivity index (χ3n) is 5.07.